The molecule has 20 heavy (non-hydrogen) atoms. The number of amides is 1. The van der Waals surface area contributed by atoms with E-state index in [0.717, 1.165) is 11.5 Å². The largest absolute Gasteiger partial charge is 0.351 e. The summed E-state index contributed by atoms with van der Waals surface area (Å²) in [5.74, 6) is 1.69. The minimum Gasteiger partial charge on any atom is -0.351 e. The highest BCUT2D eigenvalue weighted by Crippen LogP contribution is 2.21. The number of carbonyl (C=O) groups is 1. The second-order valence-electron chi connectivity index (χ2n) is 4.01. The minimum atomic E-state index is -0.164. The third-order valence-corrected chi connectivity index (χ3v) is 5.15. The van der Waals surface area contributed by atoms with Gasteiger partial charge >= 0.3 is 0 Å². The van der Waals surface area contributed by atoms with Gasteiger partial charge in [-0.25, -0.2) is 0 Å². The van der Waals surface area contributed by atoms with Gasteiger partial charge in [0.25, 0.3) is 5.91 Å². The Kier molecular flexibility index (Phi) is 6.23. The molecule has 0 unspecified atom stereocenters. The summed E-state index contributed by atoms with van der Waals surface area (Å²) in [5, 5.41) is 5.83. The van der Waals surface area contributed by atoms with E-state index in [1.54, 1.807) is 41.3 Å². The summed E-state index contributed by atoms with van der Waals surface area (Å²) in [6.07, 6.45) is 0. The van der Waals surface area contributed by atoms with E-state index in [1.165, 1.54) is 4.88 Å². The van der Waals surface area contributed by atoms with Crippen molar-refractivity contribution >= 4 is 52.2 Å². The topological polar surface area (TPSA) is 29.1 Å². The summed E-state index contributed by atoms with van der Waals surface area (Å²) < 4.78 is 0. The van der Waals surface area contributed by atoms with Crippen molar-refractivity contribution in [1.82, 2.24) is 5.32 Å². The summed E-state index contributed by atoms with van der Waals surface area (Å²) >= 11 is 15.3. The average molecular weight is 346 g/mol. The number of benzene rings is 1. The molecule has 1 aromatic heterocycles. The van der Waals surface area contributed by atoms with Crippen LogP contribution in [0.25, 0.3) is 0 Å². The van der Waals surface area contributed by atoms with Gasteiger partial charge in [-0.1, -0.05) is 29.3 Å². The van der Waals surface area contributed by atoms with Gasteiger partial charge in [-0.05, 0) is 29.6 Å². The highest BCUT2D eigenvalue weighted by atomic mass is 35.5. The van der Waals surface area contributed by atoms with Gasteiger partial charge in [-0.15, -0.1) is 11.3 Å². The maximum atomic E-state index is 11.9. The van der Waals surface area contributed by atoms with Crippen molar-refractivity contribution in [3.63, 3.8) is 0 Å². The van der Waals surface area contributed by atoms with Crippen molar-refractivity contribution in [2.24, 2.45) is 0 Å². The Morgan fingerprint density at radius 3 is 2.85 bits per heavy atom. The van der Waals surface area contributed by atoms with E-state index in [1.807, 2.05) is 6.07 Å². The van der Waals surface area contributed by atoms with Crippen LogP contribution in [0.2, 0.25) is 10.0 Å². The van der Waals surface area contributed by atoms with Crippen LogP contribution in [0.1, 0.15) is 15.2 Å². The molecule has 6 heteroatoms. The molecule has 0 aliphatic heterocycles. The van der Waals surface area contributed by atoms with E-state index in [0.29, 0.717) is 22.2 Å². The fourth-order valence-electron chi connectivity index (χ4n) is 1.57. The standard InChI is InChI=1S/C14H13Cl2NOS2/c15-10-3-4-12(13(16)8-10)14(18)17-5-7-19-9-11-2-1-6-20-11/h1-4,6,8H,5,7,9H2,(H,17,18). The Hall–Kier alpha value is -0.680. The number of thiophene rings is 1. The van der Waals surface area contributed by atoms with Gasteiger partial charge in [0, 0.05) is 28.0 Å². The Balaban J connectivity index is 1.72. The molecule has 1 N–H and O–H groups in total. The van der Waals surface area contributed by atoms with Crippen molar-refractivity contribution < 1.29 is 4.79 Å². The highest BCUT2D eigenvalue weighted by molar-refractivity contribution is 7.98. The average Bonchev–Trinajstić information content (AvgIpc) is 2.91. The van der Waals surface area contributed by atoms with Gasteiger partial charge in [0.1, 0.15) is 0 Å². The molecule has 0 fully saturated rings. The molecular formula is C14H13Cl2NOS2. The SMILES string of the molecule is O=C(NCCSCc1cccs1)c1ccc(Cl)cc1Cl. The summed E-state index contributed by atoms with van der Waals surface area (Å²) in [6.45, 7) is 0.619. The van der Waals surface area contributed by atoms with Gasteiger partial charge < -0.3 is 5.32 Å². The Labute approximate surface area is 136 Å². The fourth-order valence-corrected chi connectivity index (χ4v) is 3.77. The van der Waals surface area contributed by atoms with Gasteiger partial charge in [-0.2, -0.15) is 11.8 Å². The lowest BCUT2D eigenvalue weighted by atomic mass is 10.2. The molecule has 0 radical (unpaired) electrons. The molecule has 1 amide bonds. The molecule has 0 spiro atoms. The second kappa shape index (κ2) is 7.93. The van der Waals surface area contributed by atoms with Gasteiger partial charge in [0.15, 0.2) is 0 Å². The third kappa shape index (κ3) is 4.70. The lowest BCUT2D eigenvalue weighted by Gasteiger charge is -2.06. The third-order valence-electron chi connectivity index (χ3n) is 2.53. The van der Waals surface area contributed by atoms with Crippen LogP contribution in [0, 0.1) is 0 Å². The number of nitrogens with one attached hydrogen (secondary N) is 1. The molecule has 0 saturated carbocycles. The van der Waals surface area contributed by atoms with Crippen LogP contribution in [-0.2, 0) is 5.75 Å². The lowest BCUT2D eigenvalue weighted by Crippen LogP contribution is -2.26. The zero-order chi connectivity index (χ0) is 14.4. The van der Waals surface area contributed by atoms with Gasteiger partial charge in [-0.3, -0.25) is 4.79 Å². The Bertz CT molecular complexity index is 573. The summed E-state index contributed by atoms with van der Waals surface area (Å²) in [4.78, 5) is 13.3. The van der Waals surface area contributed by atoms with Crippen LogP contribution in [0.3, 0.4) is 0 Å². The molecule has 0 bridgehead atoms. The molecule has 0 saturated heterocycles. The van der Waals surface area contributed by atoms with Crippen molar-refractivity contribution in [3.05, 3.63) is 56.2 Å². The first-order valence-corrected chi connectivity index (χ1v) is 8.79. The first kappa shape index (κ1) is 15.7. The summed E-state index contributed by atoms with van der Waals surface area (Å²) in [6, 6.07) is 9.03. The molecule has 2 nitrogen and oxygen atoms in total. The van der Waals surface area contributed by atoms with Gasteiger partial charge in [0.05, 0.1) is 10.6 Å². The first-order chi connectivity index (χ1) is 9.66. The molecule has 1 aromatic carbocycles. The molecule has 106 valence electrons. The summed E-state index contributed by atoms with van der Waals surface area (Å²) in [7, 11) is 0. The van der Waals surface area contributed by atoms with Crippen molar-refractivity contribution in [2.45, 2.75) is 5.75 Å². The normalized spacial score (nSPS) is 10.5. The summed E-state index contributed by atoms with van der Waals surface area (Å²) in [5.41, 5.74) is 0.458. The first-order valence-electron chi connectivity index (χ1n) is 6.00. The Morgan fingerprint density at radius 1 is 1.30 bits per heavy atom. The van der Waals surface area contributed by atoms with Crippen LogP contribution < -0.4 is 5.32 Å². The highest BCUT2D eigenvalue weighted by Gasteiger charge is 2.09. The van der Waals surface area contributed by atoms with E-state index in [9.17, 15) is 4.79 Å². The van der Waals surface area contributed by atoms with Crippen LogP contribution in [0.15, 0.2) is 35.7 Å². The van der Waals surface area contributed by atoms with Gasteiger partial charge in [0.2, 0.25) is 0 Å². The smallest absolute Gasteiger partial charge is 0.252 e. The molecule has 0 aliphatic rings. The van der Waals surface area contributed by atoms with E-state index >= 15 is 0 Å². The maximum Gasteiger partial charge on any atom is 0.252 e. The number of hydrogen-bond donors (Lipinski definition) is 1. The predicted molar refractivity (Wildman–Crippen MR) is 89.3 cm³/mol. The minimum absolute atomic E-state index is 0.164. The Morgan fingerprint density at radius 2 is 2.15 bits per heavy atom. The van der Waals surface area contributed by atoms with E-state index < -0.39 is 0 Å². The van der Waals surface area contributed by atoms with Crippen LogP contribution in [0.5, 0.6) is 0 Å². The molecule has 2 rings (SSSR count). The second-order valence-corrected chi connectivity index (χ2v) is 6.99. The lowest BCUT2D eigenvalue weighted by molar-refractivity contribution is 0.0956. The van der Waals surface area contributed by atoms with Crippen molar-refractivity contribution in [1.29, 1.82) is 0 Å². The number of carbonyl (C=O) groups excluding carboxylic acids is 1. The van der Waals surface area contributed by atoms with Crippen molar-refractivity contribution in [3.8, 4) is 0 Å². The van der Waals surface area contributed by atoms with Crippen LogP contribution in [-0.4, -0.2) is 18.2 Å². The molecule has 1 heterocycles. The number of rotatable bonds is 6. The van der Waals surface area contributed by atoms with Crippen LogP contribution >= 0.6 is 46.3 Å². The molecule has 2 aromatic rings. The molecular weight excluding hydrogens is 333 g/mol. The monoisotopic (exact) mass is 345 g/mol. The number of hydrogen-bond acceptors (Lipinski definition) is 3. The number of thioether (sulfide) groups is 1. The van der Waals surface area contributed by atoms with Crippen molar-refractivity contribution in [2.75, 3.05) is 12.3 Å². The fraction of sp³-hybridized carbons (Fsp3) is 0.214. The zero-order valence-electron chi connectivity index (χ0n) is 10.6. The molecule has 0 aliphatic carbocycles. The van der Waals surface area contributed by atoms with Crippen LogP contribution in [0.4, 0.5) is 0 Å². The molecule has 0 atom stereocenters. The zero-order valence-corrected chi connectivity index (χ0v) is 13.7. The maximum absolute atomic E-state index is 11.9. The quantitative estimate of drug-likeness (QED) is 0.767. The predicted octanol–water partition coefficient (Wildman–Crippen LogP) is 4.72. The van der Waals surface area contributed by atoms with E-state index in [-0.39, 0.29) is 5.91 Å². The van der Waals surface area contributed by atoms with E-state index in [2.05, 4.69) is 16.8 Å². The number of halogens is 2. The van der Waals surface area contributed by atoms with E-state index in [4.69, 9.17) is 23.2 Å².